The van der Waals surface area contributed by atoms with E-state index in [-0.39, 0.29) is 37.8 Å². The van der Waals surface area contributed by atoms with E-state index in [4.69, 9.17) is 9.84 Å². The van der Waals surface area contributed by atoms with Gasteiger partial charge in [0.15, 0.2) is 0 Å². The lowest BCUT2D eigenvalue weighted by atomic mass is 9.97. The molecule has 1 fully saturated rings. The van der Waals surface area contributed by atoms with Crippen molar-refractivity contribution in [1.82, 2.24) is 5.32 Å². The summed E-state index contributed by atoms with van der Waals surface area (Å²) < 4.78 is 5.08. The van der Waals surface area contributed by atoms with Gasteiger partial charge in [-0.05, 0) is 18.4 Å². The number of amides is 2. The highest BCUT2D eigenvalue weighted by Crippen LogP contribution is 2.32. The lowest BCUT2D eigenvalue weighted by Gasteiger charge is -2.29. The predicted molar refractivity (Wildman–Crippen MR) is 105 cm³/mol. The van der Waals surface area contributed by atoms with Crippen molar-refractivity contribution in [1.29, 1.82) is 0 Å². The Bertz CT molecular complexity index is 907. The monoisotopic (exact) mass is 384 g/mol. The van der Waals surface area contributed by atoms with Gasteiger partial charge in [-0.15, -0.1) is 0 Å². The third-order valence-electron chi connectivity index (χ3n) is 4.98. The van der Waals surface area contributed by atoms with Gasteiger partial charge < -0.3 is 20.1 Å². The average Bonchev–Trinajstić information content (AvgIpc) is 3.02. The number of hydrogen-bond acceptors (Lipinski definition) is 4. The van der Waals surface area contributed by atoms with E-state index in [0.717, 1.165) is 16.5 Å². The molecular weight excluding hydrogens is 360 g/mol. The smallest absolute Gasteiger partial charge is 0.305 e. The minimum atomic E-state index is -1.03. The molecule has 0 aliphatic carbocycles. The van der Waals surface area contributed by atoms with Gasteiger partial charge >= 0.3 is 5.97 Å². The number of carbonyl (C=O) groups excluding carboxylic acids is 2. The minimum absolute atomic E-state index is 0.0682. The molecular formula is C21H24N2O5. The van der Waals surface area contributed by atoms with Gasteiger partial charge in [0.2, 0.25) is 11.8 Å². The molecule has 2 aromatic carbocycles. The van der Waals surface area contributed by atoms with Crippen LogP contribution in [0.1, 0.15) is 19.8 Å². The highest BCUT2D eigenvalue weighted by atomic mass is 16.5. The van der Waals surface area contributed by atoms with Crippen LogP contribution < -0.4 is 10.2 Å². The Morgan fingerprint density at radius 3 is 2.68 bits per heavy atom. The van der Waals surface area contributed by atoms with E-state index >= 15 is 0 Å². The first-order valence-corrected chi connectivity index (χ1v) is 9.14. The number of ether oxygens (including phenoxy) is 1. The van der Waals surface area contributed by atoms with Gasteiger partial charge in [-0.25, -0.2) is 0 Å². The summed E-state index contributed by atoms with van der Waals surface area (Å²) in [5.41, 5.74) is -0.253. The standard InChI is InChI=1S/C21H24N2O5/c1-21(13-28-2,11-19(25)26)22-20(27)15-10-18(24)23(12-15)17-9-5-7-14-6-3-4-8-16(14)17/h3-9,15H,10-13H2,1-2H3,(H,22,27)(H,25,26). The molecule has 0 spiro atoms. The Morgan fingerprint density at radius 2 is 1.96 bits per heavy atom. The van der Waals surface area contributed by atoms with E-state index in [0.29, 0.717) is 0 Å². The van der Waals surface area contributed by atoms with Crippen LogP contribution in [0.4, 0.5) is 5.69 Å². The quantitative estimate of drug-likeness (QED) is 0.763. The van der Waals surface area contributed by atoms with Crippen LogP contribution >= 0.6 is 0 Å². The van der Waals surface area contributed by atoms with Gasteiger partial charge in [0.1, 0.15) is 0 Å². The van der Waals surface area contributed by atoms with Crippen molar-refractivity contribution in [3.05, 3.63) is 42.5 Å². The number of rotatable bonds is 7. The molecule has 0 saturated carbocycles. The highest BCUT2D eigenvalue weighted by Gasteiger charge is 2.39. The van der Waals surface area contributed by atoms with E-state index in [1.54, 1.807) is 11.8 Å². The van der Waals surface area contributed by atoms with Crippen LogP contribution in [0.15, 0.2) is 42.5 Å². The molecule has 148 valence electrons. The SMILES string of the molecule is COCC(C)(CC(=O)O)NC(=O)C1CC(=O)N(c2cccc3ccccc23)C1. The third-order valence-corrected chi connectivity index (χ3v) is 4.98. The summed E-state index contributed by atoms with van der Waals surface area (Å²) in [5, 5.41) is 13.9. The molecule has 1 saturated heterocycles. The second-order valence-electron chi connectivity index (χ2n) is 7.46. The molecule has 2 atom stereocenters. The Morgan fingerprint density at radius 1 is 1.25 bits per heavy atom. The molecule has 2 aromatic rings. The van der Waals surface area contributed by atoms with E-state index in [1.165, 1.54) is 7.11 Å². The van der Waals surface area contributed by atoms with Crippen LogP contribution in [0, 0.1) is 5.92 Å². The van der Waals surface area contributed by atoms with Gasteiger partial charge in [-0.1, -0.05) is 36.4 Å². The van der Waals surface area contributed by atoms with Crippen molar-refractivity contribution in [3.8, 4) is 0 Å². The molecule has 0 aromatic heterocycles. The molecule has 0 bridgehead atoms. The second kappa shape index (κ2) is 7.98. The highest BCUT2D eigenvalue weighted by molar-refractivity contribution is 6.07. The fraction of sp³-hybridized carbons (Fsp3) is 0.381. The molecule has 1 heterocycles. The number of nitrogens with one attached hydrogen (secondary N) is 1. The number of aliphatic carboxylic acids is 1. The number of methoxy groups -OCH3 is 1. The molecule has 2 unspecified atom stereocenters. The summed E-state index contributed by atoms with van der Waals surface area (Å²) in [6.07, 6.45) is -0.175. The van der Waals surface area contributed by atoms with Crippen molar-refractivity contribution in [2.45, 2.75) is 25.3 Å². The van der Waals surface area contributed by atoms with E-state index < -0.39 is 17.4 Å². The molecule has 1 aliphatic heterocycles. The first kappa shape index (κ1) is 19.8. The summed E-state index contributed by atoms with van der Waals surface area (Å²) in [5.74, 6) is -2.03. The van der Waals surface area contributed by atoms with Crippen molar-refractivity contribution < 1.29 is 24.2 Å². The van der Waals surface area contributed by atoms with Crippen LogP contribution in [0.2, 0.25) is 0 Å². The summed E-state index contributed by atoms with van der Waals surface area (Å²) in [4.78, 5) is 38.2. The first-order chi connectivity index (χ1) is 13.3. The molecule has 3 rings (SSSR count). The fourth-order valence-corrected chi connectivity index (χ4v) is 3.74. The zero-order valence-corrected chi connectivity index (χ0v) is 16.0. The van der Waals surface area contributed by atoms with Crippen LogP contribution in [0.25, 0.3) is 10.8 Å². The zero-order valence-electron chi connectivity index (χ0n) is 16.0. The number of carbonyl (C=O) groups is 3. The number of anilines is 1. The maximum absolute atomic E-state index is 12.8. The van der Waals surface area contributed by atoms with Gasteiger partial charge in [0.25, 0.3) is 0 Å². The summed E-state index contributed by atoms with van der Waals surface area (Å²) in [6.45, 7) is 1.95. The normalized spacial score (nSPS) is 18.9. The van der Waals surface area contributed by atoms with Crippen molar-refractivity contribution >= 4 is 34.2 Å². The number of carboxylic acids is 1. The fourth-order valence-electron chi connectivity index (χ4n) is 3.74. The summed E-state index contributed by atoms with van der Waals surface area (Å²) in [7, 11) is 1.45. The molecule has 2 amide bonds. The Kier molecular flexibility index (Phi) is 5.65. The number of fused-ring (bicyclic) bond motifs is 1. The maximum atomic E-state index is 12.8. The van der Waals surface area contributed by atoms with Crippen LogP contribution in [0.3, 0.4) is 0 Å². The van der Waals surface area contributed by atoms with Gasteiger partial charge in [0, 0.05) is 25.5 Å². The van der Waals surface area contributed by atoms with Crippen molar-refractivity contribution in [2.75, 3.05) is 25.2 Å². The van der Waals surface area contributed by atoms with Gasteiger partial charge in [-0.3, -0.25) is 14.4 Å². The van der Waals surface area contributed by atoms with E-state index in [9.17, 15) is 14.4 Å². The van der Waals surface area contributed by atoms with Crippen LogP contribution in [-0.2, 0) is 19.1 Å². The first-order valence-electron chi connectivity index (χ1n) is 9.14. The lowest BCUT2D eigenvalue weighted by molar-refractivity contribution is -0.140. The molecule has 2 N–H and O–H groups in total. The zero-order chi connectivity index (χ0) is 20.3. The number of hydrogen-bond donors (Lipinski definition) is 2. The lowest BCUT2D eigenvalue weighted by Crippen LogP contribution is -2.52. The molecule has 7 nitrogen and oxygen atoms in total. The molecule has 0 radical (unpaired) electrons. The predicted octanol–water partition coefficient (Wildman–Crippen LogP) is 2.19. The number of nitrogens with zero attached hydrogens (tertiary/aromatic N) is 1. The van der Waals surface area contributed by atoms with Gasteiger partial charge in [-0.2, -0.15) is 0 Å². The Labute approximate surface area is 163 Å². The largest absolute Gasteiger partial charge is 0.481 e. The third kappa shape index (κ3) is 4.14. The summed E-state index contributed by atoms with van der Waals surface area (Å²) in [6, 6.07) is 13.5. The maximum Gasteiger partial charge on any atom is 0.305 e. The van der Waals surface area contributed by atoms with E-state index in [1.807, 2.05) is 42.5 Å². The van der Waals surface area contributed by atoms with Crippen molar-refractivity contribution in [2.24, 2.45) is 5.92 Å². The Hall–Kier alpha value is -2.93. The van der Waals surface area contributed by atoms with Gasteiger partial charge in [0.05, 0.1) is 30.2 Å². The second-order valence-corrected chi connectivity index (χ2v) is 7.46. The summed E-state index contributed by atoms with van der Waals surface area (Å²) >= 11 is 0. The molecule has 1 aliphatic rings. The van der Waals surface area contributed by atoms with Crippen molar-refractivity contribution in [3.63, 3.8) is 0 Å². The number of carboxylic acid groups (broad SMARTS) is 1. The molecule has 7 heteroatoms. The van der Waals surface area contributed by atoms with E-state index in [2.05, 4.69) is 5.32 Å². The number of benzene rings is 2. The van der Waals surface area contributed by atoms with Crippen LogP contribution in [0.5, 0.6) is 0 Å². The minimum Gasteiger partial charge on any atom is -0.481 e. The van der Waals surface area contributed by atoms with Crippen LogP contribution in [-0.4, -0.2) is 48.7 Å². The molecule has 28 heavy (non-hydrogen) atoms. The average molecular weight is 384 g/mol. The topological polar surface area (TPSA) is 95.9 Å². The Balaban J connectivity index is 1.78.